The molecule has 0 radical (unpaired) electrons. The van der Waals surface area contributed by atoms with E-state index in [0.717, 1.165) is 26.3 Å². The van der Waals surface area contributed by atoms with E-state index in [2.05, 4.69) is 29.2 Å². The van der Waals surface area contributed by atoms with Gasteiger partial charge in [-0.1, -0.05) is 18.2 Å². The number of rotatable bonds is 1. The van der Waals surface area contributed by atoms with E-state index >= 15 is 0 Å². The van der Waals surface area contributed by atoms with Crippen molar-refractivity contribution in [1.82, 2.24) is 4.90 Å². The minimum atomic E-state index is 0.616. The fraction of sp³-hybridized carbons (Fsp3) is 0.571. The van der Waals surface area contributed by atoms with Crippen LogP contribution in [0.5, 0.6) is 0 Å². The molecule has 92 valence electrons. The molecule has 3 heteroatoms. The van der Waals surface area contributed by atoms with E-state index in [1.165, 1.54) is 29.1 Å². The molecule has 1 aromatic carbocycles. The molecule has 0 amide bonds. The second-order valence-corrected chi connectivity index (χ2v) is 5.83. The maximum absolute atomic E-state index is 5.46. The Hall–Kier alpha value is -0.510. The Morgan fingerprint density at radius 2 is 2.00 bits per heavy atom. The van der Waals surface area contributed by atoms with Gasteiger partial charge in [-0.3, -0.25) is 4.90 Å². The van der Waals surface area contributed by atoms with E-state index in [4.69, 9.17) is 4.74 Å². The van der Waals surface area contributed by atoms with Crippen molar-refractivity contribution in [3.8, 4) is 0 Å². The van der Waals surface area contributed by atoms with Gasteiger partial charge in [0.25, 0.3) is 0 Å². The molecule has 1 fully saturated rings. The van der Waals surface area contributed by atoms with Gasteiger partial charge in [-0.2, -0.15) is 0 Å². The first-order valence-electron chi connectivity index (χ1n) is 6.49. The molecule has 0 saturated carbocycles. The molecule has 0 aromatic heterocycles. The van der Waals surface area contributed by atoms with Crippen LogP contribution in [-0.4, -0.2) is 37.0 Å². The highest BCUT2D eigenvalue weighted by Crippen LogP contribution is 2.37. The van der Waals surface area contributed by atoms with Crippen molar-refractivity contribution in [2.24, 2.45) is 0 Å². The monoisotopic (exact) mass is 249 g/mol. The summed E-state index contributed by atoms with van der Waals surface area (Å²) in [4.78, 5) is 4.09. The fourth-order valence-electron chi connectivity index (χ4n) is 2.77. The average molecular weight is 249 g/mol. The van der Waals surface area contributed by atoms with E-state index in [0.29, 0.717) is 6.04 Å². The Labute approximate surface area is 107 Å². The van der Waals surface area contributed by atoms with Crippen molar-refractivity contribution in [2.75, 3.05) is 32.1 Å². The Morgan fingerprint density at radius 3 is 2.88 bits per heavy atom. The lowest BCUT2D eigenvalue weighted by molar-refractivity contribution is 0.0138. The minimum Gasteiger partial charge on any atom is -0.379 e. The summed E-state index contributed by atoms with van der Waals surface area (Å²) in [6, 6.07) is 9.54. The number of ether oxygens (including phenoxy) is 1. The topological polar surface area (TPSA) is 12.5 Å². The summed E-state index contributed by atoms with van der Waals surface area (Å²) in [5.41, 5.74) is 1.54. The zero-order valence-electron chi connectivity index (χ0n) is 10.1. The van der Waals surface area contributed by atoms with Crippen LogP contribution in [0.4, 0.5) is 0 Å². The standard InChI is InChI=1S/C14H19NOS/c1-2-6-14-12(4-1)13(5-3-11-17-14)15-7-9-16-10-8-15/h1-2,4,6,13H,3,5,7-11H2. The molecule has 17 heavy (non-hydrogen) atoms. The highest BCUT2D eigenvalue weighted by atomic mass is 32.2. The van der Waals surface area contributed by atoms with Crippen LogP contribution in [0.2, 0.25) is 0 Å². The smallest absolute Gasteiger partial charge is 0.0594 e. The predicted octanol–water partition coefficient (Wildman–Crippen LogP) is 2.95. The number of morpholine rings is 1. The summed E-state index contributed by atoms with van der Waals surface area (Å²) in [6.07, 6.45) is 2.62. The van der Waals surface area contributed by atoms with Crippen LogP contribution in [0.3, 0.4) is 0 Å². The Kier molecular flexibility index (Phi) is 3.69. The fourth-order valence-corrected chi connectivity index (χ4v) is 3.85. The first kappa shape index (κ1) is 11.6. The van der Waals surface area contributed by atoms with Gasteiger partial charge in [-0.15, -0.1) is 11.8 Å². The number of benzene rings is 1. The lowest BCUT2D eigenvalue weighted by atomic mass is 10.0. The lowest BCUT2D eigenvalue weighted by Crippen LogP contribution is -2.39. The highest BCUT2D eigenvalue weighted by Gasteiger charge is 2.25. The number of nitrogens with zero attached hydrogens (tertiary/aromatic N) is 1. The van der Waals surface area contributed by atoms with Crippen molar-refractivity contribution in [1.29, 1.82) is 0 Å². The first-order chi connectivity index (χ1) is 8.45. The van der Waals surface area contributed by atoms with Gasteiger partial charge >= 0.3 is 0 Å². The molecule has 2 nitrogen and oxygen atoms in total. The molecule has 0 aliphatic carbocycles. The van der Waals surface area contributed by atoms with Crippen molar-refractivity contribution in [3.63, 3.8) is 0 Å². The molecule has 2 heterocycles. The van der Waals surface area contributed by atoms with E-state index in [-0.39, 0.29) is 0 Å². The van der Waals surface area contributed by atoms with Gasteiger partial charge in [0.2, 0.25) is 0 Å². The summed E-state index contributed by atoms with van der Waals surface area (Å²) in [7, 11) is 0. The molecule has 0 N–H and O–H groups in total. The van der Waals surface area contributed by atoms with Crippen molar-refractivity contribution in [2.45, 2.75) is 23.8 Å². The number of hydrogen-bond acceptors (Lipinski definition) is 3. The van der Waals surface area contributed by atoms with Crippen LogP contribution in [0, 0.1) is 0 Å². The van der Waals surface area contributed by atoms with Crippen LogP contribution in [0.15, 0.2) is 29.2 Å². The largest absolute Gasteiger partial charge is 0.379 e. The van der Waals surface area contributed by atoms with E-state index in [1.807, 2.05) is 11.8 Å². The predicted molar refractivity (Wildman–Crippen MR) is 71.5 cm³/mol. The minimum absolute atomic E-state index is 0.616. The maximum Gasteiger partial charge on any atom is 0.0594 e. The van der Waals surface area contributed by atoms with Crippen molar-refractivity contribution >= 4 is 11.8 Å². The van der Waals surface area contributed by atoms with Gasteiger partial charge in [-0.05, 0) is 30.2 Å². The molecule has 0 bridgehead atoms. The summed E-state index contributed by atoms with van der Waals surface area (Å²) in [5, 5.41) is 0. The third kappa shape index (κ3) is 2.51. The quantitative estimate of drug-likeness (QED) is 0.759. The second kappa shape index (κ2) is 5.42. The highest BCUT2D eigenvalue weighted by molar-refractivity contribution is 7.99. The first-order valence-corrected chi connectivity index (χ1v) is 7.47. The Morgan fingerprint density at radius 1 is 1.18 bits per heavy atom. The number of thioether (sulfide) groups is 1. The zero-order valence-corrected chi connectivity index (χ0v) is 10.9. The zero-order chi connectivity index (χ0) is 11.5. The number of hydrogen-bond donors (Lipinski definition) is 0. The summed E-state index contributed by atoms with van der Waals surface area (Å²) in [6.45, 7) is 3.96. The van der Waals surface area contributed by atoms with Crippen LogP contribution < -0.4 is 0 Å². The molecule has 3 rings (SSSR count). The molecule has 0 spiro atoms. The molecule has 1 atom stereocenters. The van der Waals surface area contributed by atoms with Gasteiger partial charge in [-0.25, -0.2) is 0 Å². The van der Waals surface area contributed by atoms with Crippen LogP contribution in [0.1, 0.15) is 24.4 Å². The van der Waals surface area contributed by atoms with E-state index < -0.39 is 0 Å². The summed E-state index contributed by atoms with van der Waals surface area (Å²) in [5.74, 6) is 1.26. The summed E-state index contributed by atoms with van der Waals surface area (Å²) < 4.78 is 5.46. The molecule has 2 aliphatic heterocycles. The second-order valence-electron chi connectivity index (χ2n) is 4.69. The molecule has 1 unspecified atom stereocenters. The van der Waals surface area contributed by atoms with Crippen LogP contribution >= 0.6 is 11.8 Å². The average Bonchev–Trinajstić information content (AvgIpc) is 2.62. The van der Waals surface area contributed by atoms with E-state index in [9.17, 15) is 0 Å². The third-order valence-electron chi connectivity index (χ3n) is 3.64. The van der Waals surface area contributed by atoms with Gasteiger partial charge in [0.05, 0.1) is 13.2 Å². The molecule has 1 aromatic rings. The summed E-state index contributed by atoms with van der Waals surface area (Å²) >= 11 is 2.02. The molecule has 2 aliphatic rings. The van der Waals surface area contributed by atoms with Crippen molar-refractivity contribution < 1.29 is 4.74 Å². The third-order valence-corrected chi connectivity index (χ3v) is 4.82. The van der Waals surface area contributed by atoms with Gasteiger partial charge < -0.3 is 4.74 Å². The normalized spacial score (nSPS) is 26.2. The molecular formula is C14H19NOS. The van der Waals surface area contributed by atoms with Gasteiger partial charge in [0, 0.05) is 24.0 Å². The lowest BCUT2D eigenvalue weighted by Gasteiger charge is -2.34. The van der Waals surface area contributed by atoms with Gasteiger partial charge in [0.1, 0.15) is 0 Å². The number of fused-ring (bicyclic) bond motifs is 1. The Bertz CT molecular complexity index is 376. The molecule has 1 saturated heterocycles. The van der Waals surface area contributed by atoms with Crippen LogP contribution in [-0.2, 0) is 4.74 Å². The maximum atomic E-state index is 5.46. The van der Waals surface area contributed by atoms with E-state index in [1.54, 1.807) is 0 Å². The van der Waals surface area contributed by atoms with Gasteiger partial charge in [0.15, 0.2) is 0 Å². The van der Waals surface area contributed by atoms with Crippen LogP contribution in [0.25, 0.3) is 0 Å². The van der Waals surface area contributed by atoms with Crippen molar-refractivity contribution in [3.05, 3.63) is 29.8 Å². The SMILES string of the molecule is c1ccc2c(c1)SCCCC2N1CCOCC1. The Balaban J connectivity index is 1.88. The molecular weight excluding hydrogens is 230 g/mol.